The van der Waals surface area contributed by atoms with Crippen molar-refractivity contribution >= 4 is 29.9 Å². The molecule has 0 radical (unpaired) electrons. The van der Waals surface area contributed by atoms with Crippen molar-refractivity contribution in [3.8, 4) is 0 Å². The highest BCUT2D eigenvalue weighted by Gasteiger charge is 2.36. The molecule has 1 fully saturated rings. The summed E-state index contributed by atoms with van der Waals surface area (Å²) in [5, 5.41) is 3.77. The molecular formula is C18H28Cl2N2O2. The van der Waals surface area contributed by atoms with Gasteiger partial charge in [0.2, 0.25) is 5.91 Å². The number of hydrogen-bond donors (Lipinski definition) is 2. The third-order valence-corrected chi connectivity index (χ3v) is 4.94. The van der Waals surface area contributed by atoms with E-state index in [-0.39, 0.29) is 29.1 Å². The van der Waals surface area contributed by atoms with E-state index in [1.54, 1.807) is 0 Å². The number of ether oxygens (including phenoxy) is 1. The Labute approximate surface area is 155 Å². The van der Waals surface area contributed by atoms with Crippen molar-refractivity contribution in [2.24, 2.45) is 11.1 Å². The number of halogens is 2. The van der Waals surface area contributed by atoms with Crippen LogP contribution in [0, 0.1) is 5.41 Å². The number of nitrogens with one attached hydrogen (secondary N) is 1. The van der Waals surface area contributed by atoms with Crippen molar-refractivity contribution in [2.75, 3.05) is 19.8 Å². The Morgan fingerprint density at radius 2 is 2.00 bits per heavy atom. The van der Waals surface area contributed by atoms with Crippen molar-refractivity contribution in [1.82, 2.24) is 5.32 Å². The predicted molar refractivity (Wildman–Crippen MR) is 101 cm³/mol. The van der Waals surface area contributed by atoms with Crippen LogP contribution in [0.2, 0.25) is 5.02 Å². The maximum Gasteiger partial charge on any atom is 0.237 e. The Bertz CT molecular complexity index is 552. The largest absolute Gasteiger partial charge is 0.381 e. The second-order valence-electron chi connectivity index (χ2n) is 7.46. The van der Waals surface area contributed by atoms with Crippen LogP contribution < -0.4 is 11.1 Å². The number of rotatable bonds is 4. The molecule has 0 aliphatic carbocycles. The second-order valence-corrected chi connectivity index (χ2v) is 7.90. The summed E-state index contributed by atoms with van der Waals surface area (Å²) in [6.07, 6.45) is 1.72. The molecule has 1 amide bonds. The van der Waals surface area contributed by atoms with Crippen LogP contribution in [0.25, 0.3) is 0 Å². The quantitative estimate of drug-likeness (QED) is 0.849. The molecule has 1 saturated heterocycles. The highest BCUT2D eigenvalue weighted by Crippen LogP contribution is 2.35. The van der Waals surface area contributed by atoms with E-state index in [1.165, 1.54) is 0 Å². The van der Waals surface area contributed by atoms with Crippen LogP contribution in [0.15, 0.2) is 24.3 Å². The molecule has 2 rings (SSSR count). The minimum atomic E-state index is -0.529. The zero-order valence-electron chi connectivity index (χ0n) is 14.6. The third-order valence-electron chi connectivity index (χ3n) is 4.70. The van der Waals surface area contributed by atoms with Crippen LogP contribution in [0.5, 0.6) is 0 Å². The first-order valence-electron chi connectivity index (χ1n) is 8.12. The number of carbonyl (C=O) groups is 1. The van der Waals surface area contributed by atoms with E-state index in [9.17, 15) is 4.79 Å². The van der Waals surface area contributed by atoms with Gasteiger partial charge in [-0.05, 0) is 36.0 Å². The number of amides is 1. The fourth-order valence-electron chi connectivity index (χ4n) is 2.91. The standard InChI is InChI=1S/C18H27ClN2O2.ClH/c1-17(2,3)15(20)16(22)21-12-18(7-9-23-10-8-18)13-5-4-6-14(19)11-13;/h4-6,11,15H,7-10,12,20H2,1-3H3,(H,21,22);1H/t15-;/m1./s1. The molecule has 0 saturated carbocycles. The Morgan fingerprint density at radius 3 is 2.54 bits per heavy atom. The summed E-state index contributed by atoms with van der Waals surface area (Å²) >= 11 is 6.16. The van der Waals surface area contributed by atoms with Gasteiger partial charge in [0.15, 0.2) is 0 Å². The van der Waals surface area contributed by atoms with Gasteiger partial charge in [0.05, 0.1) is 6.04 Å². The van der Waals surface area contributed by atoms with E-state index in [0.717, 1.165) is 18.4 Å². The summed E-state index contributed by atoms with van der Waals surface area (Å²) in [7, 11) is 0. The van der Waals surface area contributed by atoms with Gasteiger partial charge in [-0.1, -0.05) is 44.5 Å². The van der Waals surface area contributed by atoms with Gasteiger partial charge in [0, 0.05) is 30.2 Å². The lowest BCUT2D eigenvalue weighted by Gasteiger charge is -2.38. The van der Waals surface area contributed by atoms with Crippen LogP contribution >= 0.6 is 24.0 Å². The summed E-state index contributed by atoms with van der Waals surface area (Å²) < 4.78 is 5.51. The fourth-order valence-corrected chi connectivity index (χ4v) is 3.10. The number of hydrogen-bond acceptors (Lipinski definition) is 3. The maximum atomic E-state index is 12.4. The minimum Gasteiger partial charge on any atom is -0.381 e. The van der Waals surface area contributed by atoms with Gasteiger partial charge >= 0.3 is 0 Å². The monoisotopic (exact) mass is 374 g/mol. The maximum absolute atomic E-state index is 12.4. The van der Waals surface area contributed by atoms with E-state index in [1.807, 2.05) is 39.0 Å². The third kappa shape index (κ3) is 5.09. The van der Waals surface area contributed by atoms with Gasteiger partial charge in [0.1, 0.15) is 0 Å². The van der Waals surface area contributed by atoms with Crippen LogP contribution in [-0.2, 0) is 14.9 Å². The van der Waals surface area contributed by atoms with Gasteiger partial charge in [0.25, 0.3) is 0 Å². The lowest BCUT2D eigenvalue weighted by molar-refractivity contribution is -0.125. The molecule has 0 spiro atoms. The topological polar surface area (TPSA) is 64.4 Å². The Balaban J connectivity index is 0.00000288. The van der Waals surface area contributed by atoms with E-state index < -0.39 is 6.04 Å². The zero-order valence-corrected chi connectivity index (χ0v) is 16.2. The lowest BCUT2D eigenvalue weighted by Crippen LogP contribution is -2.52. The molecular weight excluding hydrogens is 347 g/mol. The normalized spacial score (nSPS) is 18.4. The highest BCUT2D eigenvalue weighted by molar-refractivity contribution is 6.30. The summed E-state index contributed by atoms with van der Waals surface area (Å²) in [5.41, 5.74) is 6.81. The van der Waals surface area contributed by atoms with E-state index >= 15 is 0 Å². The van der Waals surface area contributed by atoms with Crippen LogP contribution in [0.1, 0.15) is 39.2 Å². The average molecular weight is 375 g/mol. The number of carbonyl (C=O) groups excluding carboxylic acids is 1. The summed E-state index contributed by atoms with van der Waals surface area (Å²) in [6, 6.07) is 7.36. The predicted octanol–water partition coefficient (Wildman–Crippen LogP) is 3.30. The Morgan fingerprint density at radius 1 is 1.38 bits per heavy atom. The molecule has 136 valence electrons. The Hall–Kier alpha value is -0.810. The van der Waals surface area contributed by atoms with Crippen molar-refractivity contribution < 1.29 is 9.53 Å². The SMILES string of the molecule is CC(C)(C)[C@H](N)C(=O)NCC1(c2cccc(Cl)c2)CCOCC1.Cl. The Kier molecular flexibility index (Phi) is 7.54. The molecule has 1 aliphatic heterocycles. The first-order valence-corrected chi connectivity index (χ1v) is 8.49. The van der Waals surface area contributed by atoms with Crippen LogP contribution in [0.3, 0.4) is 0 Å². The lowest BCUT2D eigenvalue weighted by atomic mass is 9.74. The molecule has 0 unspecified atom stereocenters. The number of nitrogens with two attached hydrogens (primary N) is 1. The summed E-state index contributed by atoms with van der Waals surface area (Å²) in [6.45, 7) is 7.84. The van der Waals surface area contributed by atoms with Gasteiger partial charge in [-0.3, -0.25) is 4.79 Å². The van der Waals surface area contributed by atoms with Crippen molar-refractivity contribution in [1.29, 1.82) is 0 Å². The van der Waals surface area contributed by atoms with Crippen molar-refractivity contribution in [3.05, 3.63) is 34.9 Å². The molecule has 6 heteroatoms. The highest BCUT2D eigenvalue weighted by atomic mass is 35.5. The molecule has 3 N–H and O–H groups in total. The summed E-state index contributed by atoms with van der Waals surface area (Å²) in [4.78, 5) is 12.4. The van der Waals surface area contributed by atoms with Gasteiger partial charge in [-0.2, -0.15) is 0 Å². The first-order chi connectivity index (χ1) is 10.7. The molecule has 0 aromatic heterocycles. The van der Waals surface area contributed by atoms with Crippen molar-refractivity contribution in [3.63, 3.8) is 0 Å². The first kappa shape index (κ1) is 21.2. The van der Waals surface area contributed by atoms with Gasteiger partial charge in [-0.25, -0.2) is 0 Å². The zero-order chi connectivity index (χ0) is 17.1. The molecule has 1 aliphatic rings. The van der Waals surface area contributed by atoms with E-state index in [2.05, 4.69) is 11.4 Å². The molecule has 1 aromatic rings. The molecule has 1 aromatic carbocycles. The van der Waals surface area contributed by atoms with E-state index in [0.29, 0.717) is 24.8 Å². The fraction of sp³-hybridized carbons (Fsp3) is 0.611. The average Bonchev–Trinajstić information content (AvgIpc) is 2.52. The molecule has 0 bridgehead atoms. The molecule has 24 heavy (non-hydrogen) atoms. The van der Waals surface area contributed by atoms with Crippen LogP contribution in [-0.4, -0.2) is 31.7 Å². The van der Waals surface area contributed by atoms with Crippen molar-refractivity contribution in [2.45, 2.75) is 45.1 Å². The van der Waals surface area contributed by atoms with Gasteiger partial charge < -0.3 is 15.8 Å². The molecule has 1 heterocycles. The second kappa shape index (κ2) is 8.52. The number of benzene rings is 1. The molecule has 4 nitrogen and oxygen atoms in total. The molecule has 1 atom stereocenters. The van der Waals surface area contributed by atoms with E-state index in [4.69, 9.17) is 22.1 Å². The smallest absolute Gasteiger partial charge is 0.237 e. The summed E-state index contributed by atoms with van der Waals surface area (Å²) in [5.74, 6) is -0.106. The van der Waals surface area contributed by atoms with Crippen LogP contribution in [0.4, 0.5) is 0 Å². The minimum absolute atomic E-state index is 0. The van der Waals surface area contributed by atoms with Gasteiger partial charge in [-0.15, -0.1) is 12.4 Å².